The van der Waals surface area contributed by atoms with Crippen molar-refractivity contribution >= 4 is 17.2 Å². The lowest BCUT2D eigenvalue weighted by Gasteiger charge is -2.21. The van der Waals surface area contributed by atoms with Gasteiger partial charge in [0.15, 0.2) is 5.82 Å². The fraction of sp³-hybridized carbons (Fsp3) is 0.350. The molecule has 3 aromatic rings. The molecular weight excluding hydrogens is 381 g/mol. The van der Waals surface area contributed by atoms with Crippen molar-refractivity contribution in [3.05, 3.63) is 63.7 Å². The highest BCUT2D eigenvalue weighted by Crippen LogP contribution is 2.33. The molecule has 0 aliphatic carbocycles. The summed E-state index contributed by atoms with van der Waals surface area (Å²) in [5.74, 6) is 1.30. The van der Waals surface area contributed by atoms with E-state index >= 15 is 0 Å². The van der Waals surface area contributed by atoms with E-state index in [9.17, 15) is 9.18 Å². The summed E-state index contributed by atoms with van der Waals surface area (Å²) in [6, 6.07) is 9.48. The van der Waals surface area contributed by atoms with E-state index in [1.807, 2.05) is 24.0 Å². The van der Waals surface area contributed by atoms with Crippen molar-refractivity contribution in [3.8, 4) is 5.75 Å². The highest BCUT2D eigenvalue weighted by atomic mass is 32.1. The Morgan fingerprint density at radius 1 is 1.32 bits per heavy atom. The Labute approximate surface area is 165 Å². The zero-order valence-corrected chi connectivity index (χ0v) is 16.2. The van der Waals surface area contributed by atoms with Crippen LogP contribution in [0.2, 0.25) is 0 Å². The second-order valence-electron chi connectivity index (χ2n) is 6.67. The number of halogens is 1. The van der Waals surface area contributed by atoms with Gasteiger partial charge < -0.3 is 14.2 Å². The number of aromatic nitrogens is 2. The minimum atomic E-state index is -0.302. The fourth-order valence-corrected chi connectivity index (χ4v) is 4.08. The number of nitrogens with zero attached hydrogens (tertiary/aromatic N) is 3. The third kappa shape index (κ3) is 4.06. The van der Waals surface area contributed by atoms with Crippen LogP contribution in [-0.2, 0) is 6.42 Å². The number of aryl methyl sites for hydroxylation is 1. The monoisotopic (exact) mass is 401 g/mol. The van der Waals surface area contributed by atoms with Crippen LogP contribution in [0, 0.1) is 12.7 Å². The van der Waals surface area contributed by atoms with Crippen LogP contribution in [0.5, 0.6) is 5.75 Å². The molecule has 1 atom stereocenters. The molecule has 1 aliphatic heterocycles. The number of carbonyl (C=O) groups is 1. The molecule has 1 amide bonds. The normalized spacial score (nSPS) is 16.5. The number of likely N-dealkylation sites (tertiary alicyclic amines) is 1. The summed E-state index contributed by atoms with van der Waals surface area (Å²) in [4.78, 5) is 20.9. The van der Waals surface area contributed by atoms with Gasteiger partial charge in [0.25, 0.3) is 5.91 Å². The molecule has 0 bridgehead atoms. The van der Waals surface area contributed by atoms with Crippen LogP contribution >= 0.6 is 11.3 Å². The van der Waals surface area contributed by atoms with Crippen molar-refractivity contribution in [1.29, 1.82) is 0 Å². The van der Waals surface area contributed by atoms with Crippen LogP contribution in [0.4, 0.5) is 4.39 Å². The molecule has 1 unspecified atom stereocenters. The first-order valence-corrected chi connectivity index (χ1v) is 10.00. The highest BCUT2D eigenvalue weighted by molar-refractivity contribution is 7.13. The maximum absolute atomic E-state index is 12.9. The van der Waals surface area contributed by atoms with Gasteiger partial charge in [0.1, 0.15) is 17.6 Å². The maximum Gasteiger partial charge on any atom is 0.264 e. The number of carbonyl (C=O) groups excluding carboxylic acids is 1. The van der Waals surface area contributed by atoms with Gasteiger partial charge in [0.2, 0.25) is 5.89 Å². The highest BCUT2D eigenvalue weighted by Gasteiger charge is 2.35. The van der Waals surface area contributed by atoms with Gasteiger partial charge in [-0.2, -0.15) is 4.98 Å². The van der Waals surface area contributed by atoms with Gasteiger partial charge in [-0.05, 0) is 56.2 Å². The van der Waals surface area contributed by atoms with Crippen LogP contribution in [0.15, 0.2) is 40.9 Å². The lowest BCUT2D eigenvalue weighted by molar-refractivity contribution is 0.0715. The lowest BCUT2D eigenvalue weighted by Crippen LogP contribution is -2.30. The van der Waals surface area contributed by atoms with Gasteiger partial charge in [0.05, 0.1) is 11.5 Å². The quantitative estimate of drug-likeness (QED) is 0.620. The number of rotatable bonds is 6. The van der Waals surface area contributed by atoms with E-state index in [1.165, 1.54) is 23.5 Å². The molecule has 0 saturated carbocycles. The first-order chi connectivity index (χ1) is 13.6. The van der Waals surface area contributed by atoms with E-state index in [1.54, 1.807) is 12.1 Å². The first-order valence-electron chi connectivity index (χ1n) is 9.18. The Hall–Kier alpha value is -2.74. The maximum atomic E-state index is 12.9. The summed E-state index contributed by atoms with van der Waals surface area (Å²) in [5, 5.41) is 4.02. The molecule has 28 heavy (non-hydrogen) atoms. The summed E-state index contributed by atoms with van der Waals surface area (Å²) in [7, 11) is 0. The minimum Gasteiger partial charge on any atom is -0.493 e. The molecule has 1 aromatic carbocycles. The molecule has 146 valence electrons. The van der Waals surface area contributed by atoms with Crippen LogP contribution in [-0.4, -0.2) is 34.1 Å². The Morgan fingerprint density at radius 3 is 2.89 bits per heavy atom. The zero-order valence-electron chi connectivity index (χ0n) is 15.4. The van der Waals surface area contributed by atoms with E-state index in [4.69, 9.17) is 9.26 Å². The summed E-state index contributed by atoms with van der Waals surface area (Å²) >= 11 is 1.50. The predicted molar refractivity (Wildman–Crippen MR) is 102 cm³/mol. The van der Waals surface area contributed by atoms with E-state index in [0.29, 0.717) is 37.0 Å². The van der Waals surface area contributed by atoms with Crippen molar-refractivity contribution in [2.75, 3.05) is 13.2 Å². The number of benzene rings is 1. The van der Waals surface area contributed by atoms with E-state index in [-0.39, 0.29) is 17.8 Å². The molecule has 1 saturated heterocycles. The Kier molecular flexibility index (Phi) is 5.38. The van der Waals surface area contributed by atoms with Crippen molar-refractivity contribution in [2.24, 2.45) is 0 Å². The van der Waals surface area contributed by atoms with Gasteiger partial charge in [-0.3, -0.25) is 4.79 Å². The van der Waals surface area contributed by atoms with Crippen molar-refractivity contribution in [1.82, 2.24) is 15.0 Å². The molecule has 1 fully saturated rings. The van der Waals surface area contributed by atoms with Crippen molar-refractivity contribution in [3.63, 3.8) is 0 Å². The topological polar surface area (TPSA) is 68.5 Å². The third-order valence-corrected chi connectivity index (χ3v) is 5.63. The number of hydrogen-bond donors (Lipinski definition) is 0. The smallest absolute Gasteiger partial charge is 0.264 e. The van der Waals surface area contributed by atoms with E-state index in [0.717, 1.165) is 22.6 Å². The molecule has 6 nitrogen and oxygen atoms in total. The van der Waals surface area contributed by atoms with E-state index < -0.39 is 0 Å². The zero-order chi connectivity index (χ0) is 19.5. The summed E-state index contributed by atoms with van der Waals surface area (Å²) < 4.78 is 23.9. The molecule has 8 heteroatoms. The average molecular weight is 401 g/mol. The summed E-state index contributed by atoms with van der Waals surface area (Å²) in [5.41, 5.74) is 0. The van der Waals surface area contributed by atoms with E-state index in [2.05, 4.69) is 10.1 Å². The molecule has 3 heterocycles. The molecule has 0 N–H and O–H groups in total. The average Bonchev–Trinajstić information content (AvgIpc) is 3.43. The molecule has 0 spiro atoms. The van der Waals surface area contributed by atoms with Gasteiger partial charge in [-0.15, -0.1) is 11.3 Å². The van der Waals surface area contributed by atoms with Crippen LogP contribution in [0.1, 0.15) is 45.1 Å². The van der Waals surface area contributed by atoms with Crippen LogP contribution < -0.4 is 4.74 Å². The number of amides is 1. The summed E-state index contributed by atoms with van der Waals surface area (Å²) in [6.45, 7) is 3.03. The molecule has 0 radical (unpaired) electrons. The number of hydrogen-bond acceptors (Lipinski definition) is 6. The Morgan fingerprint density at radius 2 is 2.14 bits per heavy atom. The predicted octanol–water partition coefficient (Wildman–Crippen LogP) is 4.18. The molecule has 1 aliphatic rings. The van der Waals surface area contributed by atoms with Gasteiger partial charge in [-0.1, -0.05) is 5.16 Å². The molecule has 2 aromatic heterocycles. The summed E-state index contributed by atoms with van der Waals surface area (Å²) in [6.07, 6.45) is 2.18. The van der Waals surface area contributed by atoms with Crippen molar-refractivity contribution in [2.45, 2.75) is 32.2 Å². The Balaban J connectivity index is 1.37. The second kappa shape index (κ2) is 8.10. The van der Waals surface area contributed by atoms with Crippen LogP contribution in [0.3, 0.4) is 0 Å². The number of ether oxygens (including phenoxy) is 1. The van der Waals surface area contributed by atoms with Gasteiger partial charge in [-0.25, -0.2) is 4.39 Å². The van der Waals surface area contributed by atoms with Gasteiger partial charge >= 0.3 is 0 Å². The van der Waals surface area contributed by atoms with Crippen molar-refractivity contribution < 1.29 is 18.4 Å². The number of thiophene rings is 1. The fourth-order valence-electron chi connectivity index (χ4n) is 3.25. The van der Waals surface area contributed by atoms with Crippen LogP contribution in [0.25, 0.3) is 0 Å². The largest absolute Gasteiger partial charge is 0.493 e. The van der Waals surface area contributed by atoms with Gasteiger partial charge in [0, 0.05) is 17.8 Å². The Bertz CT molecular complexity index is 954. The SMILES string of the molecule is Cc1ccc(C(=O)N2CCCC2c2nc(CCOc3ccc(F)cc3)no2)s1. The third-order valence-electron chi connectivity index (χ3n) is 4.64. The molecular formula is C20H20FN3O3S. The standard InChI is InChI=1S/C20H20FN3O3S/c1-13-4-9-17(28-13)20(25)24-11-2-3-16(24)19-22-18(23-27-19)10-12-26-15-7-5-14(21)6-8-15/h4-9,16H,2-3,10-12H2,1H3. The molecule has 4 rings (SSSR count). The lowest BCUT2D eigenvalue weighted by atomic mass is 10.2. The first kappa shape index (κ1) is 18.6. The second-order valence-corrected chi connectivity index (χ2v) is 7.96. The minimum absolute atomic E-state index is 0.0139.